The Morgan fingerprint density at radius 1 is 1.19 bits per heavy atom. The molecule has 26 heavy (non-hydrogen) atoms. The van der Waals surface area contributed by atoms with Crippen molar-refractivity contribution in [3.8, 4) is 17.1 Å². The smallest absolute Gasteiger partial charge is 0.244 e. The highest BCUT2D eigenvalue weighted by atomic mass is 16.5. The van der Waals surface area contributed by atoms with Crippen LogP contribution in [0.5, 0.6) is 5.75 Å². The Bertz CT molecular complexity index is 888. The van der Waals surface area contributed by atoms with E-state index in [-0.39, 0.29) is 5.91 Å². The van der Waals surface area contributed by atoms with E-state index < -0.39 is 0 Å². The zero-order valence-electron chi connectivity index (χ0n) is 14.4. The summed E-state index contributed by atoms with van der Waals surface area (Å²) in [7, 11) is 1.61. The molecule has 0 saturated carbocycles. The Labute approximate surface area is 151 Å². The monoisotopic (exact) mass is 349 g/mol. The minimum Gasteiger partial charge on any atom is -0.497 e. The van der Waals surface area contributed by atoms with Crippen molar-refractivity contribution in [3.63, 3.8) is 0 Å². The highest BCUT2D eigenvalue weighted by Crippen LogP contribution is 2.21. The molecule has 1 heterocycles. The number of carbonyl (C=O) groups is 1. The van der Waals surface area contributed by atoms with Crippen molar-refractivity contribution >= 4 is 12.0 Å². The van der Waals surface area contributed by atoms with Crippen molar-refractivity contribution in [3.05, 3.63) is 72.1 Å². The maximum absolute atomic E-state index is 11.8. The number of ether oxygens (including phenoxy) is 1. The van der Waals surface area contributed by atoms with Gasteiger partial charge in [-0.2, -0.15) is 4.98 Å². The van der Waals surface area contributed by atoms with Crippen LogP contribution >= 0.6 is 0 Å². The number of aromatic nitrogens is 2. The summed E-state index contributed by atoms with van der Waals surface area (Å²) < 4.78 is 10.4. The number of benzene rings is 2. The van der Waals surface area contributed by atoms with Crippen molar-refractivity contribution in [2.45, 2.75) is 6.42 Å². The summed E-state index contributed by atoms with van der Waals surface area (Å²) >= 11 is 0. The lowest BCUT2D eigenvalue weighted by Crippen LogP contribution is -2.23. The van der Waals surface area contributed by atoms with Gasteiger partial charge in [0.2, 0.25) is 17.6 Å². The van der Waals surface area contributed by atoms with Crippen LogP contribution in [0.4, 0.5) is 0 Å². The van der Waals surface area contributed by atoms with Crippen LogP contribution in [0.1, 0.15) is 11.5 Å². The van der Waals surface area contributed by atoms with Crippen molar-refractivity contribution in [2.75, 3.05) is 13.7 Å². The van der Waals surface area contributed by atoms with Crippen LogP contribution in [-0.4, -0.2) is 29.7 Å². The molecule has 0 unspecified atom stereocenters. The maximum Gasteiger partial charge on any atom is 0.244 e. The number of amides is 1. The van der Waals surface area contributed by atoms with E-state index in [2.05, 4.69) is 15.5 Å². The third-order valence-corrected chi connectivity index (χ3v) is 3.66. The lowest BCUT2D eigenvalue weighted by atomic mass is 10.2. The molecule has 1 N–H and O–H groups in total. The van der Waals surface area contributed by atoms with E-state index in [1.165, 1.54) is 6.08 Å². The molecule has 0 bridgehead atoms. The largest absolute Gasteiger partial charge is 0.497 e. The molecule has 3 rings (SSSR count). The summed E-state index contributed by atoms with van der Waals surface area (Å²) in [4.78, 5) is 16.2. The molecule has 0 spiro atoms. The Morgan fingerprint density at radius 3 is 2.85 bits per heavy atom. The predicted octanol–water partition coefficient (Wildman–Crippen LogP) is 3.12. The molecule has 6 heteroatoms. The molecule has 3 aromatic rings. The van der Waals surface area contributed by atoms with Gasteiger partial charge in [-0.1, -0.05) is 47.6 Å². The number of nitrogens with one attached hydrogen (secondary N) is 1. The molecule has 0 saturated heterocycles. The predicted molar refractivity (Wildman–Crippen MR) is 98.5 cm³/mol. The van der Waals surface area contributed by atoms with Gasteiger partial charge in [-0.05, 0) is 23.8 Å². The van der Waals surface area contributed by atoms with Gasteiger partial charge >= 0.3 is 0 Å². The Hall–Kier alpha value is -3.41. The van der Waals surface area contributed by atoms with Gasteiger partial charge in [0, 0.05) is 24.6 Å². The normalized spacial score (nSPS) is 10.8. The fourth-order valence-corrected chi connectivity index (χ4v) is 2.32. The fraction of sp³-hybridized carbons (Fsp3) is 0.150. The molecule has 0 aliphatic carbocycles. The molecule has 0 fully saturated rings. The van der Waals surface area contributed by atoms with Gasteiger partial charge in [-0.3, -0.25) is 4.79 Å². The van der Waals surface area contributed by atoms with Crippen LogP contribution in [0.2, 0.25) is 0 Å². The second-order valence-corrected chi connectivity index (χ2v) is 5.53. The minimum absolute atomic E-state index is 0.165. The Morgan fingerprint density at radius 2 is 2.04 bits per heavy atom. The average molecular weight is 349 g/mol. The number of rotatable bonds is 7. The Balaban J connectivity index is 1.50. The Kier molecular flexibility index (Phi) is 5.77. The highest BCUT2D eigenvalue weighted by Gasteiger charge is 2.09. The molecule has 132 valence electrons. The fourth-order valence-electron chi connectivity index (χ4n) is 2.32. The van der Waals surface area contributed by atoms with Crippen LogP contribution in [0.15, 0.2) is 65.2 Å². The summed E-state index contributed by atoms with van der Waals surface area (Å²) in [5.41, 5.74) is 1.79. The van der Waals surface area contributed by atoms with E-state index in [1.807, 2.05) is 54.6 Å². The van der Waals surface area contributed by atoms with Crippen molar-refractivity contribution in [2.24, 2.45) is 0 Å². The first-order valence-corrected chi connectivity index (χ1v) is 8.22. The second kappa shape index (κ2) is 8.62. The average Bonchev–Trinajstić information content (AvgIpc) is 3.16. The van der Waals surface area contributed by atoms with Crippen LogP contribution in [-0.2, 0) is 11.2 Å². The van der Waals surface area contributed by atoms with Crippen molar-refractivity contribution in [1.29, 1.82) is 0 Å². The summed E-state index contributed by atoms with van der Waals surface area (Å²) in [6.45, 7) is 0.414. The number of hydrogen-bond donors (Lipinski definition) is 1. The maximum atomic E-state index is 11.8. The summed E-state index contributed by atoms with van der Waals surface area (Å²) in [5.74, 6) is 1.53. The molecule has 2 aromatic carbocycles. The van der Waals surface area contributed by atoms with Crippen molar-refractivity contribution < 1.29 is 14.1 Å². The standard InChI is InChI=1S/C20H19N3O3/c1-25-17-9-5-8-16(14-17)20-22-19(26-23-20)12-13-21-18(24)11-10-15-6-3-2-4-7-15/h2-11,14H,12-13H2,1H3,(H,21,24). The van der Waals surface area contributed by atoms with E-state index in [1.54, 1.807) is 13.2 Å². The highest BCUT2D eigenvalue weighted by molar-refractivity contribution is 5.91. The first-order valence-electron chi connectivity index (χ1n) is 8.22. The van der Waals surface area contributed by atoms with Gasteiger partial charge < -0.3 is 14.6 Å². The number of hydrogen-bond acceptors (Lipinski definition) is 5. The zero-order valence-corrected chi connectivity index (χ0v) is 14.4. The molecule has 1 aromatic heterocycles. The first kappa shape index (κ1) is 17.4. The second-order valence-electron chi connectivity index (χ2n) is 5.53. The van der Waals surface area contributed by atoms with E-state index in [4.69, 9.17) is 9.26 Å². The molecular formula is C20H19N3O3. The third-order valence-electron chi connectivity index (χ3n) is 3.66. The van der Waals surface area contributed by atoms with Gasteiger partial charge in [0.15, 0.2) is 0 Å². The van der Waals surface area contributed by atoms with Crippen molar-refractivity contribution in [1.82, 2.24) is 15.5 Å². The van der Waals surface area contributed by atoms with Crippen LogP contribution in [0.3, 0.4) is 0 Å². The summed E-state index contributed by atoms with van der Waals surface area (Å²) in [5, 5.41) is 6.76. The van der Waals surface area contributed by atoms with E-state index in [0.29, 0.717) is 24.7 Å². The topological polar surface area (TPSA) is 77.3 Å². The lowest BCUT2D eigenvalue weighted by Gasteiger charge is -2.00. The summed E-state index contributed by atoms with van der Waals surface area (Å²) in [6.07, 6.45) is 3.73. The summed E-state index contributed by atoms with van der Waals surface area (Å²) in [6, 6.07) is 17.1. The van der Waals surface area contributed by atoms with Crippen LogP contribution in [0, 0.1) is 0 Å². The molecule has 0 radical (unpaired) electrons. The molecule has 0 aliphatic rings. The number of carbonyl (C=O) groups excluding carboxylic acids is 1. The zero-order chi connectivity index (χ0) is 18.2. The number of nitrogens with zero attached hydrogens (tertiary/aromatic N) is 2. The number of methoxy groups -OCH3 is 1. The SMILES string of the molecule is COc1cccc(-c2noc(CCNC(=O)C=Cc3ccccc3)n2)c1. The molecular weight excluding hydrogens is 330 g/mol. The van der Waals surface area contributed by atoms with Gasteiger partial charge in [-0.25, -0.2) is 0 Å². The van der Waals surface area contributed by atoms with Gasteiger partial charge in [0.25, 0.3) is 0 Å². The first-order chi connectivity index (χ1) is 12.7. The molecule has 6 nitrogen and oxygen atoms in total. The van der Waals surface area contributed by atoms with Gasteiger partial charge in [-0.15, -0.1) is 0 Å². The third kappa shape index (κ3) is 4.80. The molecule has 0 atom stereocenters. The van der Waals surface area contributed by atoms with E-state index in [0.717, 1.165) is 16.9 Å². The minimum atomic E-state index is -0.165. The molecule has 0 aliphatic heterocycles. The van der Waals surface area contributed by atoms with Crippen LogP contribution < -0.4 is 10.1 Å². The quantitative estimate of drug-likeness (QED) is 0.663. The van der Waals surface area contributed by atoms with Gasteiger partial charge in [0.05, 0.1) is 7.11 Å². The van der Waals surface area contributed by atoms with Crippen LogP contribution in [0.25, 0.3) is 17.5 Å². The van der Waals surface area contributed by atoms with E-state index >= 15 is 0 Å². The molecule has 1 amide bonds. The van der Waals surface area contributed by atoms with E-state index in [9.17, 15) is 4.79 Å². The lowest BCUT2D eigenvalue weighted by molar-refractivity contribution is -0.116. The van der Waals surface area contributed by atoms with Gasteiger partial charge in [0.1, 0.15) is 5.75 Å².